The van der Waals surface area contributed by atoms with Crippen molar-refractivity contribution in [3.8, 4) is 0 Å². The molecule has 1 amide bonds. The zero-order valence-electron chi connectivity index (χ0n) is 11.1. The number of carbonyl (C=O) groups excluding carboxylic acids is 1. The molecule has 0 unspecified atom stereocenters. The molecule has 0 bridgehead atoms. The highest BCUT2D eigenvalue weighted by molar-refractivity contribution is 7.90. The van der Waals surface area contributed by atoms with Crippen LogP contribution in [0.5, 0.6) is 0 Å². The van der Waals surface area contributed by atoms with Crippen LogP contribution < -0.4 is 5.32 Å². The molecule has 1 saturated carbocycles. The van der Waals surface area contributed by atoms with Crippen LogP contribution >= 0.6 is 23.2 Å². The molecule has 5 nitrogen and oxygen atoms in total. The molecule has 1 heterocycles. The van der Waals surface area contributed by atoms with Gasteiger partial charge in [-0.05, 0) is 31.0 Å². The van der Waals surface area contributed by atoms with Crippen molar-refractivity contribution in [2.24, 2.45) is 5.92 Å². The maximum Gasteiger partial charge on any atom is 0.230 e. The van der Waals surface area contributed by atoms with Crippen LogP contribution in [0, 0.1) is 5.92 Å². The van der Waals surface area contributed by atoms with E-state index in [0.29, 0.717) is 15.7 Å². The normalized spacial score (nSPS) is 20.1. The average Bonchev–Trinajstić information content (AvgIpc) is 3.15. The average molecular weight is 349 g/mol. The number of rotatable bonds is 4. The third-order valence-corrected chi connectivity index (χ3v) is 6.78. The number of amides is 1. The molecule has 21 heavy (non-hydrogen) atoms. The molecular formula is C13H14Cl2N2O3S. The second-order valence-electron chi connectivity index (χ2n) is 5.38. The van der Waals surface area contributed by atoms with Gasteiger partial charge in [-0.3, -0.25) is 4.79 Å². The third kappa shape index (κ3) is 3.04. The van der Waals surface area contributed by atoms with Gasteiger partial charge >= 0.3 is 0 Å². The molecule has 8 heteroatoms. The highest BCUT2D eigenvalue weighted by Gasteiger charge is 2.46. The van der Waals surface area contributed by atoms with E-state index in [4.69, 9.17) is 23.2 Å². The number of hydrogen-bond donors (Lipinski definition) is 1. The van der Waals surface area contributed by atoms with Gasteiger partial charge in [-0.1, -0.05) is 23.2 Å². The lowest BCUT2D eigenvalue weighted by molar-refractivity contribution is -0.122. The lowest BCUT2D eigenvalue weighted by atomic mass is 10.0. The number of carbonyl (C=O) groups is 1. The Bertz CT molecular complexity index is 683. The highest BCUT2D eigenvalue weighted by atomic mass is 35.5. The van der Waals surface area contributed by atoms with E-state index in [-0.39, 0.29) is 30.2 Å². The van der Waals surface area contributed by atoms with Crippen LogP contribution in [0.25, 0.3) is 0 Å². The number of halogens is 2. The Morgan fingerprint density at radius 2 is 1.86 bits per heavy atom. The second-order valence-corrected chi connectivity index (χ2v) is 8.40. The SMILES string of the molecule is O=C(Nc1ccc(Cl)c(Cl)c1)C1CN(S(=O)(=O)C2CC2)C1. The Kier molecular flexibility index (Phi) is 3.90. The largest absolute Gasteiger partial charge is 0.326 e. The Hall–Kier alpha value is -0.820. The Labute approximate surface area is 133 Å². The summed E-state index contributed by atoms with van der Waals surface area (Å²) < 4.78 is 25.3. The van der Waals surface area contributed by atoms with Gasteiger partial charge in [0.1, 0.15) is 0 Å². The number of anilines is 1. The third-order valence-electron chi connectivity index (χ3n) is 3.71. The summed E-state index contributed by atoms with van der Waals surface area (Å²) in [5.41, 5.74) is 0.554. The van der Waals surface area contributed by atoms with Crippen molar-refractivity contribution >= 4 is 44.8 Å². The highest BCUT2D eigenvalue weighted by Crippen LogP contribution is 2.34. The van der Waals surface area contributed by atoms with E-state index in [0.717, 1.165) is 12.8 Å². The van der Waals surface area contributed by atoms with Crippen molar-refractivity contribution in [2.75, 3.05) is 18.4 Å². The van der Waals surface area contributed by atoms with Gasteiger partial charge in [0.15, 0.2) is 0 Å². The Balaban J connectivity index is 1.57. The van der Waals surface area contributed by atoms with Crippen LogP contribution in [0.1, 0.15) is 12.8 Å². The fourth-order valence-corrected chi connectivity index (χ4v) is 4.43. The number of sulfonamides is 1. The zero-order chi connectivity index (χ0) is 15.2. The molecule has 0 atom stereocenters. The summed E-state index contributed by atoms with van der Waals surface area (Å²) in [6.07, 6.45) is 1.47. The number of benzene rings is 1. The van der Waals surface area contributed by atoms with Crippen LogP contribution in [0.4, 0.5) is 5.69 Å². The molecule has 114 valence electrons. The van der Waals surface area contributed by atoms with Crippen molar-refractivity contribution in [2.45, 2.75) is 18.1 Å². The lowest BCUT2D eigenvalue weighted by Gasteiger charge is -2.37. The van der Waals surface area contributed by atoms with Crippen molar-refractivity contribution in [1.82, 2.24) is 4.31 Å². The van der Waals surface area contributed by atoms with Gasteiger partial charge in [-0.2, -0.15) is 4.31 Å². The topological polar surface area (TPSA) is 66.5 Å². The maximum absolute atomic E-state index is 12.0. The van der Waals surface area contributed by atoms with Gasteiger partial charge < -0.3 is 5.32 Å². The molecule has 2 fully saturated rings. The van der Waals surface area contributed by atoms with Crippen molar-refractivity contribution in [3.63, 3.8) is 0 Å². The summed E-state index contributed by atoms with van der Waals surface area (Å²) in [5.74, 6) is -0.511. The minimum Gasteiger partial charge on any atom is -0.326 e. The van der Waals surface area contributed by atoms with E-state index in [1.54, 1.807) is 18.2 Å². The fraction of sp³-hybridized carbons (Fsp3) is 0.462. The molecule has 1 aliphatic carbocycles. The Morgan fingerprint density at radius 1 is 1.19 bits per heavy atom. The van der Waals surface area contributed by atoms with Crippen LogP contribution in [-0.4, -0.2) is 37.0 Å². The zero-order valence-corrected chi connectivity index (χ0v) is 13.4. The van der Waals surface area contributed by atoms with Gasteiger partial charge in [0.25, 0.3) is 0 Å². The van der Waals surface area contributed by atoms with E-state index in [1.165, 1.54) is 4.31 Å². The van der Waals surface area contributed by atoms with E-state index in [1.807, 2.05) is 0 Å². The minimum atomic E-state index is -3.17. The summed E-state index contributed by atoms with van der Waals surface area (Å²) in [7, 11) is -3.17. The van der Waals surface area contributed by atoms with Gasteiger partial charge in [0.2, 0.25) is 15.9 Å². The molecule has 3 rings (SSSR count). The molecule has 1 aliphatic heterocycles. The van der Waals surface area contributed by atoms with Crippen molar-refractivity contribution < 1.29 is 13.2 Å². The fourth-order valence-electron chi connectivity index (χ4n) is 2.21. The minimum absolute atomic E-state index is 0.198. The lowest BCUT2D eigenvalue weighted by Crippen LogP contribution is -2.55. The van der Waals surface area contributed by atoms with Crippen LogP contribution in [0.2, 0.25) is 10.0 Å². The molecule has 1 N–H and O–H groups in total. The van der Waals surface area contributed by atoms with Gasteiger partial charge in [-0.15, -0.1) is 0 Å². The first kappa shape index (κ1) is 15.1. The summed E-state index contributed by atoms with van der Waals surface area (Å²) in [6, 6.07) is 4.83. The molecule has 1 aromatic rings. The van der Waals surface area contributed by atoms with E-state index >= 15 is 0 Å². The van der Waals surface area contributed by atoms with Gasteiger partial charge in [0.05, 0.1) is 21.2 Å². The number of hydrogen-bond acceptors (Lipinski definition) is 3. The first-order valence-corrected chi connectivity index (χ1v) is 8.89. The summed E-state index contributed by atoms with van der Waals surface area (Å²) in [5, 5.41) is 3.28. The van der Waals surface area contributed by atoms with E-state index in [9.17, 15) is 13.2 Å². The molecule has 0 radical (unpaired) electrons. The molecule has 1 saturated heterocycles. The van der Waals surface area contributed by atoms with E-state index < -0.39 is 10.0 Å². The predicted molar refractivity (Wildman–Crippen MR) is 82.1 cm³/mol. The molecule has 2 aliphatic rings. The molecule has 1 aromatic carbocycles. The van der Waals surface area contributed by atoms with Crippen LogP contribution in [-0.2, 0) is 14.8 Å². The molecule has 0 aromatic heterocycles. The predicted octanol–water partition coefficient (Wildman–Crippen LogP) is 2.36. The van der Waals surface area contributed by atoms with Gasteiger partial charge in [0, 0.05) is 18.8 Å². The quantitative estimate of drug-likeness (QED) is 0.908. The summed E-state index contributed by atoms with van der Waals surface area (Å²) in [4.78, 5) is 12.0. The van der Waals surface area contributed by atoms with Crippen molar-refractivity contribution in [1.29, 1.82) is 0 Å². The number of nitrogens with zero attached hydrogens (tertiary/aromatic N) is 1. The Morgan fingerprint density at radius 3 is 2.43 bits per heavy atom. The smallest absolute Gasteiger partial charge is 0.230 e. The first-order valence-electron chi connectivity index (χ1n) is 6.63. The molecular weight excluding hydrogens is 335 g/mol. The summed E-state index contributed by atoms with van der Waals surface area (Å²) >= 11 is 11.7. The summed E-state index contributed by atoms with van der Waals surface area (Å²) in [6.45, 7) is 0.512. The number of nitrogens with one attached hydrogen (secondary N) is 1. The van der Waals surface area contributed by atoms with Crippen LogP contribution in [0.15, 0.2) is 18.2 Å². The monoisotopic (exact) mass is 348 g/mol. The first-order chi connectivity index (χ1) is 9.88. The van der Waals surface area contributed by atoms with Crippen LogP contribution in [0.3, 0.4) is 0 Å². The standard InChI is InChI=1S/C13H14Cl2N2O3S/c14-11-4-1-9(5-12(11)15)16-13(18)8-6-17(7-8)21(19,20)10-2-3-10/h1,4-5,8,10H,2-3,6-7H2,(H,16,18). The van der Waals surface area contributed by atoms with E-state index in [2.05, 4.69) is 5.32 Å². The van der Waals surface area contributed by atoms with Crippen molar-refractivity contribution in [3.05, 3.63) is 28.2 Å². The molecule has 0 spiro atoms. The maximum atomic E-state index is 12.0. The van der Waals surface area contributed by atoms with Gasteiger partial charge in [-0.25, -0.2) is 8.42 Å². The second kappa shape index (κ2) is 5.43.